The van der Waals surface area contributed by atoms with E-state index in [2.05, 4.69) is 0 Å². The molecule has 11 nitrogen and oxygen atoms in total. The van der Waals surface area contributed by atoms with E-state index in [0.717, 1.165) is 0 Å². The maximum absolute atomic E-state index is 12.5. The van der Waals surface area contributed by atoms with Gasteiger partial charge in [0.1, 0.15) is 0 Å². The van der Waals surface area contributed by atoms with Crippen molar-refractivity contribution in [3.8, 4) is 11.5 Å². The molecule has 0 aromatic heterocycles. The fourth-order valence-corrected chi connectivity index (χ4v) is 3.24. The predicted octanol–water partition coefficient (Wildman–Crippen LogP) is 1.84. The minimum absolute atomic E-state index is 0.0000297. The molecule has 0 saturated carbocycles. The molecule has 2 atom stereocenters. The summed E-state index contributed by atoms with van der Waals surface area (Å²) in [6.07, 6.45) is -0.401. The summed E-state index contributed by atoms with van der Waals surface area (Å²) in [7, 11) is 0. The SMILES string of the molecule is CCOC(=O)C(C[C@@H](c1ccc2c(c1)OCO2)[C@H](C(=O)OCC)[N+](=O)[O-])C(=O)OCC. The maximum Gasteiger partial charge on any atom is 0.382 e. The number of fused-ring (bicyclic) bond motifs is 1. The van der Waals surface area contributed by atoms with E-state index in [-0.39, 0.29) is 26.6 Å². The Labute approximate surface area is 178 Å². The summed E-state index contributed by atoms with van der Waals surface area (Å²) < 4.78 is 25.4. The van der Waals surface area contributed by atoms with E-state index in [1.165, 1.54) is 25.1 Å². The fourth-order valence-electron chi connectivity index (χ4n) is 3.24. The quantitative estimate of drug-likeness (QED) is 0.165. The smallest absolute Gasteiger partial charge is 0.382 e. The van der Waals surface area contributed by atoms with Crippen molar-refractivity contribution in [2.75, 3.05) is 26.6 Å². The molecule has 1 aliphatic heterocycles. The Bertz CT molecular complexity index is 806. The largest absolute Gasteiger partial charge is 0.465 e. The van der Waals surface area contributed by atoms with Gasteiger partial charge in [-0.25, -0.2) is 4.79 Å². The summed E-state index contributed by atoms with van der Waals surface area (Å²) in [5.41, 5.74) is 0.303. The average molecular weight is 439 g/mol. The zero-order valence-electron chi connectivity index (χ0n) is 17.5. The topological polar surface area (TPSA) is 140 Å². The molecule has 31 heavy (non-hydrogen) atoms. The number of hydrogen-bond donors (Lipinski definition) is 0. The van der Waals surface area contributed by atoms with E-state index in [9.17, 15) is 24.5 Å². The van der Waals surface area contributed by atoms with Crippen molar-refractivity contribution in [1.82, 2.24) is 0 Å². The third-order valence-electron chi connectivity index (χ3n) is 4.59. The normalized spacial score (nSPS) is 13.9. The van der Waals surface area contributed by atoms with Crippen molar-refractivity contribution in [2.24, 2.45) is 5.92 Å². The first-order valence-electron chi connectivity index (χ1n) is 9.86. The van der Waals surface area contributed by atoms with Crippen LogP contribution in [0, 0.1) is 16.0 Å². The van der Waals surface area contributed by atoms with E-state index in [1.807, 2.05) is 0 Å². The summed E-state index contributed by atoms with van der Waals surface area (Å²) in [5.74, 6) is -4.77. The summed E-state index contributed by atoms with van der Waals surface area (Å²) in [5, 5.41) is 11.9. The standard InChI is InChI=1S/C20H25NO10/c1-4-27-18(22)14(19(23)28-5-2)10-13(17(21(25)26)20(24)29-6-3)12-7-8-15-16(9-12)31-11-30-15/h7-9,13-14,17H,4-6,10-11H2,1-3H3/t13-,17+/m0/s1. The van der Waals surface area contributed by atoms with Gasteiger partial charge in [-0.3, -0.25) is 19.7 Å². The van der Waals surface area contributed by atoms with Crippen LogP contribution in [0.1, 0.15) is 38.7 Å². The monoisotopic (exact) mass is 439 g/mol. The molecule has 0 N–H and O–H groups in total. The molecule has 0 saturated heterocycles. The number of nitrogens with zero attached hydrogens (tertiary/aromatic N) is 1. The van der Waals surface area contributed by atoms with Crippen molar-refractivity contribution in [3.63, 3.8) is 0 Å². The molecular formula is C20H25NO10. The molecule has 1 heterocycles. The second-order valence-electron chi connectivity index (χ2n) is 6.49. The first kappa shape index (κ1) is 23.9. The number of rotatable bonds is 11. The third kappa shape index (κ3) is 5.83. The number of esters is 3. The van der Waals surface area contributed by atoms with Gasteiger partial charge >= 0.3 is 23.9 Å². The molecule has 2 rings (SSSR count). The lowest BCUT2D eigenvalue weighted by Crippen LogP contribution is -2.40. The molecule has 0 unspecified atom stereocenters. The average Bonchev–Trinajstić information content (AvgIpc) is 3.18. The minimum Gasteiger partial charge on any atom is -0.465 e. The van der Waals surface area contributed by atoms with Gasteiger partial charge < -0.3 is 23.7 Å². The lowest BCUT2D eigenvalue weighted by atomic mass is 9.83. The van der Waals surface area contributed by atoms with Crippen LogP contribution in [0.15, 0.2) is 18.2 Å². The molecule has 0 radical (unpaired) electrons. The van der Waals surface area contributed by atoms with Crippen LogP contribution >= 0.6 is 0 Å². The van der Waals surface area contributed by atoms with E-state index in [0.29, 0.717) is 17.1 Å². The summed E-state index contributed by atoms with van der Waals surface area (Å²) in [6.45, 7) is 4.55. The molecule has 0 bridgehead atoms. The second-order valence-corrected chi connectivity index (χ2v) is 6.49. The Hall–Kier alpha value is -3.37. The van der Waals surface area contributed by atoms with Gasteiger partial charge in [0.2, 0.25) is 6.79 Å². The van der Waals surface area contributed by atoms with Crippen molar-refractivity contribution in [2.45, 2.75) is 39.2 Å². The molecule has 0 fully saturated rings. The molecular weight excluding hydrogens is 414 g/mol. The van der Waals surface area contributed by atoms with Crippen LogP contribution in [0.25, 0.3) is 0 Å². The Morgan fingerprint density at radius 1 is 0.968 bits per heavy atom. The Balaban J connectivity index is 2.50. The lowest BCUT2D eigenvalue weighted by molar-refractivity contribution is -0.515. The van der Waals surface area contributed by atoms with Gasteiger partial charge in [-0.1, -0.05) is 6.07 Å². The summed E-state index contributed by atoms with van der Waals surface area (Å²) >= 11 is 0. The highest BCUT2D eigenvalue weighted by Gasteiger charge is 2.45. The van der Waals surface area contributed by atoms with E-state index >= 15 is 0 Å². The van der Waals surface area contributed by atoms with E-state index < -0.39 is 47.1 Å². The molecule has 11 heteroatoms. The number of hydrogen-bond acceptors (Lipinski definition) is 10. The van der Waals surface area contributed by atoms with Gasteiger partial charge in [0.05, 0.1) is 25.7 Å². The van der Waals surface area contributed by atoms with Gasteiger partial charge in [0.15, 0.2) is 17.4 Å². The summed E-state index contributed by atoms with van der Waals surface area (Å²) in [6, 6.07) is 2.67. The number of benzene rings is 1. The third-order valence-corrected chi connectivity index (χ3v) is 4.59. The Morgan fingerprint density at radius 3 is 2.06 bits per heavy atom. The van der Waals surface area contributed by atoms with Gasteiger partial charge in [0, 0.05) is 4.92 Å². The van der Waals surface area contributed by atoms with Gasteiger partial charge in [-0.2, -0.15) is 0 Å². The molecule has 0 aliphatic carbocycles. The van der Waals surface area contributed by atoms with Gasteiger partial charge in [0.25, 0.3) is 0 Å². The number of nitro groups is 1. The molecule has 1 aliphatic rings. The van der Waals surface area contributed by atoms with Crippen molar-refractivity contribution in [1.29, 1.82) is 0 Å². The van der Waals surface area contributed by atoms with Crippen LogP contribution in [0.4, 0.5) is 0 Å². The maximum atomic E-state index is 12.5. The summed E-state index contributed by atoms with van der Waals surface area (Å²) in [4.78, 5) is 48.4. The van der Waals surface area contributed by atoms with Gasteiger partial charge in [-0.15, -0.1) is 0 Å². The van der Waals surface area contributed by atoms with Crippen LogP contribution in [-0.2, 0) is 28.6 Å². The first-order valence-corrected chi connectivity index (χ1v) is 9.86. The zero-order valence-corrected chi connectivity index (χ0v) is 17.5. The van der Waals surface area contributed by atoms with Crippen molar-refractivity contribution >= 4 is 17.9 Å². The minimum atomic E-state index is -1.87. The number of carbonyl (C=O) groups excluding carboxylic acids is 3. The highest BCUT2D eigenvalue weighted by atomic mass is 16.7. The van der Waals surface area contributed by atoms with Crippen LogP contribution in [0.5, 0.6) is 11.5 Å². The Morgan fingerprint density at radius 2 is 1.52 bits per heavy atom. The highest BCUT2D eigenvalue weighted by molar-refractivity contribution is 5.95. The van der Waals surface area contributed by atoms with Gasteiger partial charge in [-0.05, 0) is 44.9 Å². The van der Waals surface area contributed by atoms with Crippen LogP contribution in [0.3, 0.4) is 0 Å². The highest BCUT2D eigenvalue weighted by Crippen LogP contribution is 2.38. The van der Waals surface area contributed by atoms with Crippen molar-refractivity contribution in [3.05, 3.63) is 33.9 Å². The van der Waals surface area contributed by atoms with Crippen LogP contribution in [0.2, 0.25) is 0 Å². The zero-order chi connectivity index (χ0) is 23.0. The Kier molecular flexibility index (Phi) is 8.59. The number of ether oxygens (including phenoxy) is 5. The molecule has 170 valence electrons. The molecule has 1 aromatic rings. The van der Waals surface area contributed by atoms with Crippen LogP contribution in [-0.4, -0.2) is 55.5 Å². The second kappa shape index (κ2) is 11.1. The van der Waals surface area contributed by atoms with E-state index in [1.54, 1.807) is 13.8 Å². The predicted molar refractivity (Wildman–Crippen MR) is 104 cm³/mol. The lowest BCUT2D eigenvalue weighted by Gasteiger charge is -2.23. The first-order chi connectivity index (χ1) is 14.8. The molecule has 0 spiro atoms. The number of carbonyl (C=O) groups is 3. The molecule has 0 amide bonds. The van der Waals surface area contributed by atoms with E-state index in [4.69, 9.17) is 23.7 Å². The fraction of sp³-hybridized carbons (Fsp3) is 0.550. The van der Waals surface area contributed by atoms with Crippen molar-refractivity contribution < 1.29 is 43.0 Å². The molecule has 1 aromatic carbocycles. The van der Waals surface area contributed by atoms with Crippen LogP contribution < -0.4 is 9.47 Å².